The minimum absolute atomic E-state index is 0.0175. The third-order valence-electron chi connectivity index (χ3n) is 3.83. The average Bonchev–Trinajstić information content (AvgIpc) is 2.75. The van der Waals surface area contributed by atoms with Crippen LogP contribution in [0.2, 0.25) is 0 Å². The van der Waals surface area contributed by atoms with E-state index < -0.39 is 0 Å². The van der Waals surface area contributed by atoms with E-state index in [1.54, 1.807) is 12.1 Å². The number of fused-ring (bicyclic) bond motifs is 1. The number of amides is 2. The molecule has 106 valence electrons. The number of benzene rings is 1. The van der Waals surface area contributed by atoms with Gasteiger partial charge in [-0.15, -0.1) is 0 Å². The van der Waals surface area contributed by atoms with Crippen molar-refractivity contribution in [1.82, 2.24) is 5.32 Å². The van der Waals surface area contributed by atoms with Crippen molar-refractivity contribution in [3.8, 4) is 0 Å². The van der Waals surface area contributed by atoms with Crippen LogP contribution in [0.1, 0.15) is 35.7 Å². The molecule has 0 bridgehead atoms. The fourth-order valence-corrected chi connectivity index (χ4v) is 2.68. The van der Waals surface area contributed by atoms with Gasteiger partial charge in [0, 0.05) is 23.9 Å². The number of carbonyl (C=O) groups is 2. The van der Waals surface area contributed by atoms with Gasteiger partial charge < -0.3 is 15.4 Å². The third-order valence-corrected chi connectivity index (χ3v) is 3.83. The van der Waals surface area contributed by atoms with E-state index >= 15 is 0 Å². The molecule has 1 aliphatic carbocycles. The molecule has 0 saturated heterocycles. The molecule has 2 N–H and O–H groups in total. The predicted octanol–water partition coefficient (Wildman–Crippen LogP) is 1.48. The molecule has 1 fully saturated rings. The van der Waals surface area contributed by atoms with E-state index in [2.05, 4.69) is 10.6 Å². The number of carbonyl (C=O) groups excluding carboxylic acids is 2. The quantitative estimate of drug-likeness (QED) is 0.874. The molecule has 2 amide bonds. The second-order valence-corrected chi connectivity index (χ2v) is 5.32. The maximum absolute atomic E-state index is 12.1. The molecule has 1 aromatic rings. The first-order valence-corrected chi connectivity index (χ1v) is 7.01. The number of hydrogen-bond acceptors (Lipinski definition) is 3. The Bertz CT molecular complexity index is 550. The van der Waals surface area contributed by atoms with Crippen molar-refractivity contribution >= 4 is 17.5 Å². The summed E-state index contributed by atoms with van der Waals surface area (Å²) < 4.78 is 5.47. The minimum Gasteiger partial charge on any atom is -0.378 e. The zero-order chi connectivity index (χ0) is 14.1. The highest BCUT2D eigenvalue weighted by Crippen LogP contribution is 2.26. The standard InChI is InChI=1S/C15H18N2O3/c1-2-20-12-7-11(8-12)16-15(19)10-4-3-9-6-14(18)17-13(9)5-10/h3-5,11-12H,2,6-8H2,1H3,(H,16,19)(H,17,18). The number of hydrogen-bond donors (Lipinski definition) is 2. The molecule has 5 nitrogen and oxygen atoms in total. The normalized spacial score (nSPS) is 23.8. The van der Waals surface area contributed by atoms with Crippen LogP contribution in [0, 0.1) is 0 Å². The molecule has 20 heavy (non-hydrogen) atoms. The van der Waals surface area contributed by atoms with Gasteiger partial charge in [-0.3, -0.25) is 9.59 Å². The van der Waals surface area contributed by atoms with E-state index in [1.807, 2.05) is 13.0 Å². The Morgan fingerprint density at radius 3 is 3.00 bits per heavy atom. The van der Waals surface area contributed by atoms with Crippen LogP contribution in [0.15, 0.2) is 18.2 Å². The fraction of sp³-hybridized carbons (Fsp3) is 0.467. The molecular weight excluding hydrogens is 256 g/mol. The monoisotopic (exact) mass is 274 g/mol. The summed E-state index contributed by atoms with van der Waals surface area (Å²) in [5, 5.41) is 5.75. The molecule has 0 radical (unpaired) electrons. The maximum Gasteiger partial charge on any atom is 0.251 e. The summed E-state index contributed by atoms with van der Waals surface area (Å²) in [5.74, 6) is -0.106. The van der Waals surface area contributed by atoms with Crippen LogP contribution in [0.5, 0.6) is 0 Å². The molecule has 0 unspecified atom stereocenters. The summed E-state index contributed by atoms with van der Waals surface area (Å²) in [6.07, 6.45) is 2.43. The van der Waals surface area contributed by atoms with Crippen molar-refractivity contribution < 1.29 is 14.3 Å². The number of nitrogens with one attached hydrogen (secondary N) is 2. The molecule has 0 aromatic heterocycles. The van der Waals surface area contributed by atoms with Gasteiger partial charge in [-0.25, -0.2) is 0 Å². The van der Waals surface area contributed by atoms with Gasteiger partial charge in [0.25, 0.3) is 5.91 Å². The second kappa shape index (κ2) is 5.25. The number of rotatable bonds is 4. The summed E-state index contributed by atoms with van der Waals surface area (Å²) in [4.78, 5) is 23.4. The largest absolute Gasteiger partial charge is 0.378 e. The lowest BCUT2D eigenvalue weighted by atomic mass is 9.89. The van der Waals surface area contributed by atoms with Crippen molar-refractivity contribution in [3.63, 3.8) is 0 Å². The van der Waals surface area contributed by atoms with Crippen molar-refractivity contribution in [2.75, 3.05) is 11.9 Å². The van der Waals surface area contributed by atoms with Gasteiger partial charge >= 0.3 is 0 Å². The Labute approximate surface area is 117 Å². The summed E-state index contributed by atoms with van der Waals surface area (Å²) in [6.45, 7) is 2.70. The van der Waals surface area contributed by atoms with Gasteiger partial charge in [-0.05, 0) is 37.5 Å². The first-order chi connectivity index (χ1) is 9.65. The lowest BCUT2D eigenvalue weighted by Gasteiger charge is -2.35. The summed E-state index contributed by atoms with van der Waals surface area (Å²) in [5.41, 5.74) is 2.29. The van der Waals surface area contributed by atoms with Gasteiger partial charge in [0.15, 0.2) is 0 Å². The van der Waals surface area contributed by atoms with E-state index in [-0.39, 0.29) is 24.0 Å². The molecule has 1 heterocycles. The van der Waals surface area contributed by atoms with Crippen molar-refractivity contribution in [3.05, 3.63) is 29.3 Å². The first-order valence-electron chi connectivity index (χ1n) is 7.01. The van der Waals surface area contributed by atoms with E-state index in [1.165, 1.54) is 0 Å². The SMILES string of the molecule is CCOC1CC(NC(=O)c2ccc3c(c2)NC(=O)C3)C1. The lowest BCUT2D eigenvalue weighted by molar-refractivity contribution is -0.115. The Balaban J connectivity index is 1.59. The van der Waals surface area contributed by atoms with Crippen LogP contribution in [0.3, 0.4) is 0 Å². The topological polar surface area (TPSA) is 67.4 Å². The van der Waals surface area contributed by atoms with Crippen molar-refractivity contribution in [1.29, 1.82) is 0 Å². The van der Waals surface area contributed by atoms with E-state index in [0.717, 1.165) is 30.7 Å². The van der Waals surface area contributed by atoms with Gasteiger partial charge in [-0.1, -0.05) is 6.07 Å². The number of ether oxygens (including phenoxy) is 1. The van der Waals surface area contributed by atoms with Crippen LogP contribution >= 0.6 is 0 Å². The average molecular weight is 274 g/mol. The highest BCUT2D eigenvalue weighted by Gasteiger charge is 2.31. The molecule has 5 heteroatoms. The molecule has 1 aromatic carbocycles. The predicted molar refractivity (Wildman–Crippen MR) is 74.7 cm³/mol. The maximum atomic E-state index is 12.1. The molecule has 0 spiro atoms. The number of anilines is 1. The lowest BCUT2D eigenvalue weighted by Crippen LogP contribution is -2.47. The van der Waals surface area contributed by atoms with Crippen LogP contribution < -0.4 is 10.6 Å². The van der Waals surface area contributed by atoms with Crippen LogP contribution in [-0.4, -0.2) is 30.6 Å². The first kappa shape index (κ1) is 13.1. The highest BCUT2D eigenvalue weighted by atomic mass is 16.5. The van der Waals surface area contributed by atoms with Gasteiger partial charge in [0.1, 0.15) is 0 Å². The van der Waals surface area contributed by atoms with Crippen molar-refractivity contribution in [2.24, 2.45) is 0 Å². The summed E-state index contributed by atoms with van der Waals surface area (Å²) >= 11 is 0. The molecule has 1 saturated carbocycles. The van der Waals surface area contributed by atoms with Crippen LogP contribution in [0.25, 0.3) is 0 Å². The smallest absolute Gasteiger partial charge is 0.251 e. The third kappa shape index (κ3) is 2.54. The van der Waals surface area contributed by atoms with E-state index in [0.29, 0.717) is 12.0 Å². The van der Waals surface area contributed by atoms with Crippen LogP contribution in [-0.2, 0) is 16.0 Å². The molecular formula is C15H18N2O3. The Morgan fingerprint density at radius 1 is 1.45 bits per heavy atom. The summed E-state index contributed by atoms with van der Waals surface area (Å²) in [7, 11) is 0. The Hall–Kier alpha value is -1.88. The zero-order valence-electron chi connectivity index (χ0n) is 11.4. The van der Waals surface area contributed by atoms with Gasteiger partial charge in [0.2, 0.25) is 5.91 Å². The second-order valence-electron chi connectivity index (χ2n) is 5.32. The molecule has 1 aliphatic heterocycles. The Morgan fingerprint density at radius 2 is 2.25 bits per heavy atom. The Kier molecular flexibility index (Phi) is 3.44. The van der Waals surface area contributed by atoms with Crippen LogP contribution in [0.4, 0.5) is 5.69 Å². The summed E-state index contributed by atoms with van der Waals surface area (Å²) in [6, 6.07) is 5.55. The zero-order valence-corrected chi connectivity index (χ0v) is 11.4. The van der Waals surface area contributed by atoms with Gasteiger partial charge in [0.05, 0.1) is 12.5 Å². The molecule has 2 aliphatic rings. The minimum atomic E-state index is -0.0890. The van der Waals surface area contributed by atoms with E-state index in [4.69, 9.17) is 4.74 Å². The molecule has 0 atom stereocenters. The highest BCUT2D eigenvalue weighted by molar-refractivity contribution is 6.02. The molecule has 3 rings (SSSR count). The fourth-order valence-electron chi connectivity index (χ4n) is 2.68. The van der Waals surface area contributed by atoms with Crippen molar-refractivity contribution in [2.45, 2.75) is 38.3 Å². The van der Waals surface area contributed by atoms with Gasteiger partial charge in [-0.2, -0.15) is 0 Å². The van der Waals surface area contributed by atoms with E-state index in [9.17, 15) is 9.59 Å².